The van der Waals surface area contributed by atoms with Gasteiger partial charge in [-0.05, 0) is 54.1 Å². The number of aliphatic hydroxyl groups is 1. The molecule has 2 heterocycles. The van der Waals surface area contributed by atoms with E-state index >= 15 is 0 Å². The van der Waals surface area contributed by atoms with E-state index in [9.17, 15) is 19.1 Å². The molecule has 0 spiro atoms. The molecule has 1 aromatic heterocycles. The van der Waals surface area contributed by atoms with Gasteiger partial charge >= 0.3 is 0 Å². The second kappa shape index (κ2) is 7.67. The number of furan rings is 1. The third-order valence-corrected chi connectivity index (χ3v) is 5.28. The minimum absolute atomic E-state index is 0.0458. The van der Waals surface area contributed by atoms with Crippen LogP contribution >= 0.6 is 15.9 Å². The highest BCUT2D eigenvalue weighted by Gasteiger charge is 2.46. The van der Waals surface area contributed by atoms with E-state index in [0.29, 0.717) is 11.3 Å². The molecule has 7 heteroatoms. The smallest absolute Gasteiger partial charge is 0.296 e. The zero-order chi connectivity index (χ0) is 20.5. The zero-order valence-electron chi connectivity index (χ0n) is 15.0. The third kappa shape index (κ3) is 3.61. The first-order chi connectivity index (χ1) is 14.0. The molecule has 1 unspecified atom stereocenters. The highest BCUT2D eigenvalue weighted by Crippen LogP contribution is 2.40. The van der Waals surface area contributed by atoms with Gasteiger partial charge in [0.1, 0.15) is 17.3 Å². The molecule has 0 bridgehead atoms. The Morgan fingerprint density at radius 3 is 2.38 bits per heavy atom. The fourth-order valence-corrected chi connectivity index (χ4v) is 3.63. The molecule has 1 aliphatic heterocycles. The summed E-state index contributed by atoms with van der Waals surface area (Å²) in [7, 11) is 0. The standard InChI is InChI=1S/C22H15BrFNO4/c23-15-7-3-13(4-8-15)19-18(20(26)14-5-9-16(24)10-6-14)21(27)22(28)25(19)12-17-2-1-11-29-17/h1-11,19,26H,12H2/b20-18+. The quantitative estimate of drug-likeness (QED) is 0.348. The van der Waals surface area contributed by atoms with Crippen molar-refractivity contribution in [2.75, 3.05) is 0 Å². The van der Waals surface area contributed by atoms with Crippen LogP contribution in [0.15, 0.2) is 81.4 Å². The summed E-state index contributed by atoms with van der Waals surface area (Å²) in [6.45, 7) is 0.0680. The number of aliphatic hydroxyl groups excluding tert-OH is 1. The Hall–Kier alpha value is -3.19. The Labute approximate surface area is 174 Å². The van der Waals surface area contributed by atoms with E-state index in [2.05, 4.69) is 15.9 Å². The molecule has 4 rings (SSSR count). The lowest BCUT2D eigenvalue weighted by molar-refractivity contribution is -0.140. The molecule has 3 aromatic rings. The van der Waals surface area contributed by atoms with E-state index in [1.54, 1.807) is 36.4 Å². The third-order valence-electron chi connectivity index (χ3n) is 4.75. The fourth-order valence-electron chi connectivity index (χ4n) is 3.37. The van der Waals surface area contributed by atoms with Crippen molar-refractivity contribution in [3.8, 4) is 0 Å². The minimum atomic E-state index is -0.807. The van der Waals surface area contributed by atoms with Gasteiger partial charge in [-0.15, -0.1) is 0 Å². The summed E-state index contributed by atoms with van der Waals surface area (Å²) in [4.78, 5) is 27.0. The summed E-state index contributed by atoms with van der Waals surface area (Å²) in [5.74, 6) is -1.84. The van der Waals surface area contributed by atoms with Gasteiger partial charge in [-0.2, -0.15) is 0 Å². The number of rotatable bonds is 4. The summed E-state index contributed by atoms with van der Waals surface area (Å²) >= 11 is 3.37. The molecule has 2 aromatic carbocycles. The average Bonchev–Trinajstić information content (AvgIpc) is 3.31. The first-order valence-electron chi connectivity index (χ1n) is 8.78. The number of Topliss-reactive ketones (excluding diaryl/α,β-unsaturated/α-hetero) is 1. The minimum Gasteiger partial charge on any atom is -0.507 e. The first-order valence-corrected chi connectivity index (χ1v) is 9.57. The zero-order valence-corrected chi connectivity index (χ0v) is 16.6. The van der Waals surface area contributed by atoms with E-state index in [1.165, 1.54) is 35.4 Å². The first kappa shape index (κ1) is 19.1. The van der Waals surface area contributed by atoms with E-state index in [0.717, 1.165) is 4.47 Å². The molecule has 1 fully saturated rings. The van der Waals surface area contributed by atoms with Crippen molar-refractivity contribution in [1.82, 2.24) is 4.90 Å². The summed E-state index contributed by atoms with van der Waals surface area (Å²) in [5, 5.41) is 10.9. The van der Waals surface area contributed by atoms with Crippen LogP contribution in [0, 0.1) is 5.82 Å². The Bertz CT molecular complexity index is 1090. The Morgan fingerprint density at radius 2 is 1.76 bits per heavy atom. The summed E-state index contributed by atoms with van der Waals surface area (Å²) in [6, 6.07) is 14.8. The predicted octanol–water partition coefficient (Wildman–Crippen LogP) is 4.80. The number of halogens is 2. The highest BCUT2D eigenvalue weighted by molar-refractivity contribution is 9.10. The second-order valence-corrected chi connectivity index (χ2v) is 7.48. The SMILES string of the molecule is O=C1C(=O)N(Cc2ccco2)C(c2ccc(Br)cc2)/C1=C(\O)c1ccc(F)cc1. The van der Waals surface area contributed by atoms with Crippen molar-refractivity contribution in [2.24, 2.45) is 0 Å². The number of hydrogen-bond acceptors (Lipinski definition) is 4. The lowest BCUT2D eigenvalue weighted by atomic mass is 9.95. The summed E-state index contributed by atoms with van der Waals surface area (Å²) in [6.07, 6.45) is 1.49. The average molecular weight is 456 g/mol. The van der Waals surface area contributed by atoms with Crippen molar-refractivity contribution in [1.29, 1.82) is 0 Å². The van der Waals surface area contributed by atoms with Crippen LogP contribution in [0.5, 0.6) is 0 Å². The maximum absolute atomic E-state index is 13.3. The second-order valence-electron chi connectivity index (χ2n) is 6.56. The number of hydrogen-bond donors (Lipinski definition) is 1. The molecule has 0 saturated carbocycles. The van der Waals surface area contributed by atoms with E-state index in [1.807, 2.05) is 0 Å². The van der Waals surface area contributed by atoms with Gasteiger partial charge in [-0.3, -0.25) is 9.59 Å². The molecule has 1 N–H and O–H groups in total. The molecule has 0 radical (unpaired) electrons. The van der Waals surface area contributed by atoms with Crippen LogP contribution in [-0.4, -0.2) is 21.7 Å². The molecule has 0 aliphatic carbocycles. The van der Waals surface area contributed by atoms with Gasteiger partial charge in [0, 0.05) is 10.0 Å². The van der Waals surface area contributed by atoms with Crippen LogP contribution in [0.2, 0.25) is 0 Å². The summed E-state index contributed by atoms with van der Waals surface area (Å²) < 4.78 is 19.5. The van der Waals surface area contributed by atoms with Gasteiger partial charge in [-0.1, -0.05) is 28.1 Å². The highest BCUT2D eigenvalue weighted by atomic mass is 79.9. The van der Waals surface area contributed by atoms with Gasteiger partial charge in [0.2, 0.25) is 0 Å². The van der Waals surface area contributed by atoms with Gasteiger partial charge in [0.15, 0.2) is 0 Å². The Kier molecular flexibility index (Phi) is 5.07. The van der Waals surface area contributed by atoms with Gasteiger partial charge in [0.25, 0.3) is 11.7 Å². The Morgan fingerprint density at radius 1 is 1.07 bits per heavy atom. The van der Waals surface area contributed by atoms with Crippen LogP contribution < -0.4 is 0 Å². The number of carbonyl (C=O) groups excluding carboxylic acids is 2. The molecule has 1 amide bonds. The number of carbonyl (C=O) groups is 2. The fraction of sp³-hybridized carbons (Fsp3) is 0.0909. The number of ketones is 1. The lowest BCUT2D eigenvalue weighted by Crippen LogP contribution is -2.29. The monoisotopic (exact) mass is 455 g/mol. The summed E-state index contributed by atoms with van der Waals surface area (Å²) in [5.41, 5.74) is 0.864. The van der Waals surface area contributed by atoms with Gasteiger partial charge in [-0.25, -0.2) is 4.39 Å². The van der Waals surface area contributed by atoms with E-state index in [4.69, 9.17) is 4.42 Å². The van der Waals surface area contributed by atoms with Crippen molar-refractivity contribution in [3.63, 3.8) is 0 Å². The van der Waals surface area contributed by atoms with Crippen LogP contribution in [-0.2, 0) is 16.1 Å². The molecule has 1 atom stereocenters. The lowest BCUT2D eigenvalue weighted by Gasteiger charge is -2.24. The Balaban J connectivity index is 1.86. The topological polar surface area (TPSA) is 70.8 Å². The largest absolute Gasteiger partial charge is 0.507 e. The molecule has 1 aliphatic rings. The maximum atomic E-state index is 13.3. The normalized spacial score (nSPS) is 18.4. The van der Waals surface area contributed by atoms with Crippen molar-refractivity contribution < 1.29 is 23.5 Å². The van der Waals surface area contributed by atoms with E-state index < -0.39 is 23.5 Å². The molecule has 1 saturated heterocycles. The molecule has 146 valence electrons. The number of amides is 1. The van der Waals surface area contributed by atoms with Crippen molar-refractivity contribution in [2.45, 2.75) is 12.6 Å². The molecule has 5 nitrogen and oxygen atoms in total. The van der Waals surface area contributed by atoms with E-state index in [-0.39, 0.29) is 23.4 Å². The van der Waals surface area contributed by atoms with Gasteiger partial charge in [0.05, 0.1) is 24.4 Å². The number of nitrogens with zero attached hydrogens (tertiary/aromatic N) is 1. The van der Waals surface area contributed by atoms with Crippen molar-refractivity contribution in [3.05, 3.63) is 99.7 Å². The molecule has 29 heavy (non-hydrogen) atoms. The molecular formula is C22H15BrFNO4. The van der Waals surface area contributed by atoms with Crippen LogP contribution in [0.3, 0.4) is 0 Å². The molecular weight excluding hydrogens is 441 g/mol. The maximum Gasteiger partial charge on any atom is 0.296 e. The number of likely N-dealkylation sites (tertiary alicyclic amines) is 1. The van der Waals surface area contributed by atoms with Gasteiger partial charge < -0.3 is 14.4 Å². The predicted molar refractivity (Wildman–Crippen MR) is 107 cm³/mol. The van der Waals surface area contributed by atoms with Crippen LogP contribution in [0.4, 0.5) is 4.39 Å². The number of benzene rings is 2. The van der Waals surface area contributed by atoms with Crippen molar-refractivity contribution >= 4 is 33.4 Å². The van der Waals surface area contributed by atoms with Crippen LogP contribution in [0.25, 0.3) is 5.76 Å². The van der Waals surface area contributed by atoms with Crippen LogP contribution in [0.1, 0.15) is 22.9 Å².